The zero-order chi connectivity index (χ0) is 15.8. The maximum absolute atomic E-state index is 13.1. The molecule has 0 spiro atoms. The van der Waals surface area contributed by atoms with Crippen LogP contribution in [0.15, 0.2) is 30.6 Å². The van der Waals surface area contributed by atoms with Crippen molar-refractivity contribution in [2.45, 2.75) is 38.3 Å². The molecule has 2 aliphatic heterocycles. The number of benzene rings is 1. The van der Waals surface area contributed by atoms with Crippen molar-refractivity contribution in [1.82, 2.24) is 14.7 Å². The Balaban J connectivity index is 1.41. The zero-order valence-corrected chi connectivity index (χ0v) is 13.4. The molecular formula is C18H22FN3O. The topological polar surface area (TPSA) is 30.3 Å². The summed E-state index contributed by atoms with van der Waals surface area (Å²) in [4.78, 5) is 2.49. The molecule has 0 radical (unpaired) electrons. The summed E-state index contributed by atoms with van der Waals surface area (Å²) in [7, 11) is 0. The zero-order valence-electron chi connectivity index (χ0n) is 13.4. The van der Waals surface area contributed by atoms with Crippen LogP contribution in [0.5, 0.6) is 5.75 Å². The van der Waals surface area contributed by atoms with Crippen LogP contribution in [-0.2, 0) is 6.42 Å². The highest BCUT2D eigenvalue weighted by molar-refractivity contribution is 5.41. The van der Waals surface area contributed by atoms with Crippen molar-refractivity contribution in [2.75, 3.05) is 19.7 Å². The molecule has 4 nitrogen and oxygen atoms in total. The van der Waals surface area contributed by atoms with Crippen molar-refractivity contribution in [3.8, 4) is 5.75 Å². The molecule has 0 N–H and O–H groups in total. The average Bonchev–Trinajstić information content (AvgIpc) is 3.22. The van der Waals surface area contributed by atoms with Crippen LogP contribution in [0.4, 0.5) is 4.39 Å². The predicted molar refractivity (Wildman–Crippen MR) is 86.1 cm³/mol. The van der Waals surface area contributed by atoms with E-state index in [1.807, 2.05) is 0 Å². The van der Waals surface area contributed by atoms with Gasteiger partial charge in [0.1, 0.15) is 5.75 Å². The lowest BCUT2D eigenvalue weighted by molar-refractivity contribution is 0.138. The number of rotatable bonds is 3. The summed E-state index contributed by atoms with van der Waals surface area (Å²) >= 11 is 0. The highest BCUT2D eigenvalue weighted by atomic mass is 19.1. The summed E-state index contributed by atoms with van der Waals surface area (Å²) in [5, 5.41) is 4.11. The molecule has 2 aliphatic rings. The Labute approximate surface area is 135 Å². The van der Waals surface area contributed by atoms with Gasteiger partial charge in [-0.05, 0) is 37.0 Å². The van der Waals surface area contributed by atoms with Gasteiger partial charge in [0.05, 0.1) is 25.0 Å². The fourth-order valence-corrected chi connectivity index (χ4v) is 3.71. The molecule has 1 unspecified atom stereocenters. The van der Waals surface area contributed by atoms with Crippen LogP contribution in [0.25, 0.3) is 0 Å². The predicted octanol–water partition coefficient (Wildman–Crippen LogP) is 3.36. The molecule has 2 aromatic rings. The van der Waals surface area contributed by atoms with E-state index < -0.39 is 0 Å². The highest BCUT2D eigenvalue weighted by Gasteiger charge is 2.26. The molecule has 1 atom stereocenters. The van der Waals surface area contributed by atoms with Gasteiger partial charge in [0, 0.05) is 25.6 Å². The van der Waals surface area contributed by atoms with E-state index in [1.54, 1.807) is 4.68 Å². The van der Waals surface area contributed by atoms with Gasteiger partial charge in [-0.1, -0.05) is 12.1 Å². The third-order valence-corrected chi connectivity index (χ3v) is 5.19. The third kappa shape index (κ3) is 2.85. The third-order valence-electron chi connectivity index (χ3n) is 5.19. The summed E-state index contributed by atoms with van der Waals surface area (Å²) in [5.41, 5.74) is 2.63. The quantitative estimate of drug-likeness (QED) is 0.870. The van der Waals surface area contributed by atoms with Crippen molar-refractivity contribution in [2.24, 2.45) is 0 Å². The number of halogens is 1. The van der Waals surface area contributed by atoms with Gasteiger partial charge in [-0.15, -0.1) is 0 Å². The van der Waals surface area contributed by atoms with Crippen LogP contribution >= 0.6 is 0 Å². The van der Waals surface area contributed by atoms with E-state index >= 15 is 0 Å². The Morgan fingerprint density at radius 2 is 2.13 bits per heavy atom. The summed E-state index contributed by atoms with van der Waals surface area (Å²) in [6.07, 6.45) is 5.83. The highest BCUT2D eigenvalue weighted by Crippen LogP contribution is 2.33. The maximum Gasteiger partial charge on any atom is 0.161 e. The van der Waals surface area contributed by atoms with Crippen LogP contribution in [0, 0.1) is 5.82 Å². The lowest BCUT2D eigenvalue weighted by atomic mass is 9.99. The van der Waals surface area contributed by atoms with Crippen molar-refractivity contribution < 1.29 is 9.13 Å². The summed E-state index contributed by atoms with van der Waals surface area (Å²) in [5.74, 6) is 0.801. The van der Waals surface area contributed by atoms with Gasteiger partial charge in [-0.3, -0.25) is 9.58 Å². The van der Waals surface area contributed by atoms with Gasteiger partial charge in [0.15, 0.2) is 5.82 Å². The minimum Gasteiger partial charge on any atom is -0.493 e. The van der Waals surface area contributed by atoms with Crippen LogP contribution < -0.4 is 4.74 Å². The molecule has 1 saturated heterocycles. The van der Waals surface area contributed by atoms with Gasteiger partial charge >= 0.3 is 0 Å². The Hall–Kier alpha value is -1.88. The van der Waals surface area contributed by atoms with Gasteiger partial charge in [-0.2, -0.15) is 5.10 Å². The molecule has 122 valence electrons. The number of piperidine rings is 1. The van der Waals surface area contributed by atoms with Crippen molar-refractivity contribution in [3.05, 3.63) is 47.5 Å². The monoisotopic (exact) mass is 315 g/mol. The molecule has 1 aromatic carbocycles. The standard InChI is InChI=1S/C18H22FN3O/c1-13(15-3-2-14-6-9-23-18(14)10-15)21-7-4-17(5-8-21)22-12-16(19)11-20-22/h2-3,10-13,17H,4-9H2,1H3. The lowest BCUT2D eigenvalue weighted by Crippen LogP contribution is -2.36. The first kappa shape index (κ1) is 14.7. The van der Waals surface area contributed by atoms with Crippen molar-refractivity contribution in [1.29, 1.82) is 0 Å². The first-order chi connectivity index (χ1) is 11.2. The van der Waals surface area contributed by atoms with E-state index in [9.17, 15) is 4.39 Å². The maximum atomic E-state index is 13.1. The van der Waals surface area contributed by atoms with Gasteiger partial charge in [0.25, 0.3) is 0 Å². The summed E-state index contributed by atoms with van der Waals surface area (Å²) < 4.78 is 20.6. The van der Waals surface area contributed by atoms with E-state index in [-0.39, 0.29) is 5.82 Å². The Bertz CT molecular complexity index is 691. The van der Waals surface area contributed by atoms with E-state index in [4.69, 9.17) is 4.74 Å². The van der Waals surface area contributed by atoms with Crippen LogP contribution in [0.2, 0.25) is 0 Å². The van der Waals surface area contributed by atoms with E-state index in [0.717, 1.165) is 44.7 Å². The molecule has 5 heteroatoms. The fraction of sp³-hybridized carbons (Fsp3) is 0.500. The average molecular weight is 315 g/mol. The number of aromatic nitrogens is 2. The van der Waals surface area contributed by atoms with E-state index in [0.29, 0.717) is 12.1 Å². The number of nitrogens with zero attached hydrogens (tertiary/aromatic N) is 3. The van der Waals surface area contributed by atoms with E-state index in [1.165, 1.54) is 23.5 Å². The number of hydrogen-bond acceptors (Lipinski definition) is 3. The second-order valence-electron chi connectivity index (χ2n) is 6.55. The molecule has 0 bridgehead atoms. The largest absolute Gasteiger partial charge is 0.493 e. The minimum absolute atomic E-state index is 0.251. The molecule has 3 heterocycles. The van der Waals surface area contributed by atoms with Gasteiger partial charge in [-0.25, -0.2) is 4.39 Å². The first-order valence-electron chi connectivity index (χ1n) is 8.40. The smallest absolute Gasteiger partial charge is 0.161 e. The summed E-state index contributed by atoms with van der Waals surface area (Å²) in [6, 6.07) is 7.31. The molecule has 0 aliphatic carbocycles. The lowest BCUT2D eigenvalue weighted by Gasteiger charge is -2.36. The normalized spacial score (nSPS) is 20.3. The molecule has 0 saturated carbocycles. The Morgan fingerprint density at radius 3 is 2.87 bits per heavy atom. The Kier molecular flexibility index (Phi) is 3.81. The van der Waals surface area contributed by atoms with Crippen molar-refractivity contribution >= 4 is 0 Å². The molecule has 1 aromatic heterocycles. The molecule has 1 fully saturated rings. The second kappa shape index (κ2) is 5.96. The number of hydrogen-bond donors (Lipinski definition) is 0. The summed E-state index contributed by atoms with van der Waals surface area (Å²) in [6.45, 7) is 5.07. The van der Waals surface area contributed by atoms with Gasteiger partial charge < -0.3 is 4.74 Å². The number of likely N-dealkylation sites (tertiary alicyclic amines) is 1. The van der Waals surface area contributed by atoms with Crippen molar-refractivity contribution in [3.63, 3.8) is 0 Å². The Morgan fingerprint density at radius 1 is 1.30 bits per heavy atom. The van der Waals surface area contributed by atoms with Crippen LogP contribution in [0.3, 0.4) is 0 Å². The number of fused-ring (bicyclic) bond motifs is 1. The minimum atomic E-state index is -0.251. The molecule has 0 amide bonds. The molecule has 23 heavy (non-hydrogen) atoms. The van der Waals surface area contributed by atoms with Crippen LogP contribution in [0.1, 0.15) is 43.0 Å². The second-order valence-corrected chi connectivity index (χ2v) is 6.55. The number of ether oxygens (including phenoxy) is 1. The van der Waals surface area contributed by atoms with Gasteiger partial charge in [0.2, 0.25) is 0 Å². The fourth-order valence-electron chi connectivity index (χ4n) is 3.71. The first-order valence-corrected chi connectivity index (χ1v) is 8.40. The molecular weight excluding hydrogens is 293 g/mol. The molecule has 4 rings (SSSR count). The SMILES string of the molecule is CC(c1ccc2c(c1)OCC2)N1CCC(n2cc(F)cn2)CC1. The van der Waals surface area contributed by atoms with E-state index in [2.05, 4.69) is 35.1 Å². The van der Waals surface area contributed by atoms with Crippen LogP contribution in [-0.4, -0.2) is 34.4 Å².